The number of carboxylic acid groups (broad SMARTS) is 1. The number of hydrogen-bond donors (Lipinski definition) is 1. The number of benzene rings is 2. The number of hydrogen-bond acceptors (Lipinski definition) is 3. The molecule has 4 nitrogen and oxygen atoms in total. The zero-order chi connectivity index (χ0) is 23.2. The molecule has 0 spiro atoms. The third-order valence-electron chi connectivity index (χ3n) is 6.08. The Morgan fingerprint density at radius 2 is 1.79 bits per heavy atom. The number of carbonyl (C=O) groups is 1. The van der Waals surface area contributed by atoms with Crippen LogP contribution in [-0.2, 0) is 16.0 Å². The van der Waals surface area contributed by atoms with E-state index in [1.165, 1.54) is 27.8 Å². The molecule has 2 aliphatic carbocycles. The van der Waals surface area contributed by atoms with Crippen LogP contribution in [0.3, 0.4) is 0 Å². The first-order valence-electron chi connectivity index (χ1n) is 11.5. The summed E-state index contributed by atoms with van der Waals surface area (Å²) in [5.41, 5.74) is 8.53. The maximum absolute atomic E-state index is 11.3. The van der Waals surface area contributed by atoms with Gasteiger partial charge in [0, 0.05) is 13.0 Å². The third kappa shape index (κ3) is 5.35. The molecule has 4 rings (SSSR count). The molecule has 0 fully saturated rings. The van der Waals surface area contributed by atoms with E-state index in [2.05, 4.69) is 55.5 Å². The third-order valence-corrected chi connectivity index (χ3v) is 6.08. The van der Waals surface area contributed by atoms with E-state index >= 15 is 0 Å². The topological polar surface area (TPSA) is 55.8 Å². The molecule has 0 saturated heterocycles. The minimum absolute atomic E-state index is 0.334. The van der Waals surface area contributed by atoms with Crippen molar-refractivity contribution >= 4 is 17.1 Å². The zero-order valence-electron chi connectivity index (χ0n) is 19.2. The average Bonchev–Trinajstić information content (AvgIpc) is 3.00. The van der Waals surface area contributed by atoms with E-state index in [9.17, 15) is 9.90 Å². The van der Waals surface area contributed by atoms with Crippen LogP contribution in [0, 0.1) is 0 Å². The maximum atomic E-state index is 11.3. The van der Waals surface area contributed by atoms with Crippen LogP contribution < -0.4 is 4.74 Å². The molecule has 2 aliphatic rings. The molecule has 2 aromatic carbocycles. The quantitative estimate of drug-likeness (QED) is 0.525. The van der Waals surface area contributed by atoms with Crippen LogP contribution in [-0.4, -0.2) is 30.4 Å². The van der Waals surface area contributed by atoms with Gasteiger partial charge < -0.3 is 14.6 Å². The highest BCUT2D eigenvalue weighted by Crippen LogP contribution is 2.38. The van der Waals surface area contributed by atoms with E-state index in [1.54, 1.807) is 6.92 Å². The van der Waals surface area contributed by atoms with Crippen LogP contribution in [0.2, 0.25) is 0 Å². The van der Waals surface area contributed by atoms with E-state index in [1.807, 2.05) is 24.3 Å². The largest absolute Gasteiger partial charge is 0.489 e. The van der Waals surface area contributed by atoms with Crippen LogP contribution >= 0.6 is 0 Å². The highest BCUT2D eigenvalue weighted by molar-refractivity contribution is 5.90. The Morgan fingerprint density at radius 3 is 2.52 bits per heavy atom. The fourth-order valence-corrected chi connectivity index (χ4v) is 4.37. The zero-order valence-corrected chi connectivity index (χ0v) is 19.2. The van der Waals surface area contributed by atoms with Gasteiger partial charge in [-0.1, -0.05) is 60.7 Å². The Kier molecular flexibility index (Phi) is 7.26. The number of fused-ring (bicyclic) bond motifs is 2. The Balaban J connectivity index is 1.49. The summed E-state index contributed by atoms with van der Waals surface area (Å²) in [6.07, 6.45) is 10.5. The van der Waals surface area contributed by atoms with Crippen LogP contribution in [0.25, 0.3) is 11.1 Å². The summed E-state index contributed by atoms with van der Waals surface area (Å²) < 4.78 is 11.4. The fraction of sp³-hybridized carbons (Fsp3) is 0.276. The normalized spacial score (nSPS) is 17.2. The molecule has 0 heterocycles. The van der Waals surface area contributed by atoms with E-state index < -0.39 is 12.1 Å². The van der Waals surface area contributed by atoms with Gasteiger partial charge in [0.25, 0.3) is 0 Å². The first kappa shape index (κ1) is 22.8. The molecule has 0 bridgehead atoms. The molecule has 0 aromatic heterocycles. The van der Waals surface area contributed by atoms with Gasteiger partial charge in [0.05, 0.1) is 0 Å². The van der Waals surface area contributed by atoms with Crippen molar-refractivity contribution in [3.8, 4) is 5.75 Å². The average molecular weight is 443 g/mol. The molecule has 170 valence electrons. The first-order chi connectivity index (χ1) is 16.1. The summed E-state index contributed by atoms with van der Waals surface area (Å²) in [6.45, 7) is 4.77. The molecule has 0 amide bonds. The van der Waals surface area contributed by atoms with Crippen LogP contribution in [0.5, 0.6) is 5.75 Å². The van der Waals surface area contributed by atoms with Crippen molar-refractivity contribution in [2.45, 2.75) is 39.2 Å². The summed E-state index contributed by atoms with van der Waals surface area (Å²) in [5, 5.41) is 9.28. The van der Waals surface area contributed by atoms with Gasteiger partial charge in [0.15, 0.2) is 6.10 Å². The monoisotopic (exact) mass is 442 g/mol. The number of aliphatic carboxylic acids is 1. The van der Waals surface area contributed by atoms with Gasteiger partial charge in [-0.05, 0) is 77.8 Å². The van der Waals surface area contributed by atoms with Gasteiger partial charge in [-0.15, -0.1) is 0 Å². The molecule has 0 aliphatic heterocycles. The van der Waals surface area contributed by atoms with Gasteiger partial charge in [-0.2, -0.15) is 0 Å². The summed E-state index contributed by atoms with van der Waals surface area (Å²) in [4.78, 5) is 11.3. The van der Waals surface area contributed by atoms with Crippen molar-refractivity contribution in [2.24, 2.45) is 0 Å². The smallest absolute Gasteiger partial charge is 0.333 e. The summed E-state index contributed by atoms with van der Waals surface area (Å²) in [6, 6.07) is 16.2. The van der Waals surface area contributed by atoms with Crippen LogP contribution in [0.1, 0.15) is 43.4 Å². The van der Waals surface area contributed by atoms with Gasteiger partial charge in [0.1, 0.15) is 12.4 Å². The lowest BCUT2D eigenvalue weighted by atomic mass is 9.88. The predicted octanol–water partition coefficient (Wildman–Crippen LogP) is 6.24. The molecule has 1 atom stereocenters. The van der Waals surface area contributed by atoms with E-state index in [0.717, 1.165) is 29.7 Å². The second-order valence-electron chi connectivity index (χ2n) is 8.37. The lowest BCUT2D eigenvalue weighted by molar-refractivity contribution is -0.149. The number of allylic oxidation sites excluding steroid dienone is 7. The van der Waals surface area contributed by atoms with E-state index in [-0.39, 0.29) is 0 Å². The van der Waals surface area contributed by atoms with Gasteiger partial charge in [0.2, 0.25) is 0 Å². The number of ether oxygens (including phenoxy) is 2. The Labute approximate surface area is 195 Å². The molecule has 2 aromatic rings. The van der Waals surface area contributed by atoms with E-state index in [0.29, 0.717) is 19.6 Å². The molecular formula is C29H30O4. The predicted molar refractivity (Wildman–Crippen MR) is 132 cm³/mol. The minimum atomic E-state index is -0.942. The van der Waals surface area contributed by atoms with Crippen molar-refractivity contribution < 1.29 is 19.4 Å². The van der Waals surface area contributed by atoms with Gasteiger partial charge >= 0.3 is 5.97 Å². The minimum Gasteiger partial charge on any atom is -0.489 e. The highest BCUT2D eigenvalue weighted by Gasteiger charge is 2.19. The number of carboxylic acids is 1. The van der Waals surface area contributed by atoms with Crippen LogP contribution in [0.4, 0.5) is 0 Å². The first-order valence-corrected chi connectivity index (χ1v) is 11.5. The maximum Gasteiger partial charge on any atom is 0.333 e. The second kappa shape index (κ2) is 10.5. The van der Waals surface area contributed by atoms with E-state index in [4.69, 9.17) is 9.47 Å². The summed E-state index contributed by atoms with van der Waals surface area (Å²) >= 11 is 0. The Bertz CT molecular complexity index is 1130. The number of rotatable bonds is 8. The molecule has 1 unspecified atom stereocenters. The molecule has 0 radical (unpaired) electrons. The van der Waals surface area contributed by atoms with Crippen molar-refractivity contribution in [1.82, 2.24) is 0 Å². The van der Waals surface area contributed by atoms with Gasteiger partial charge in [-0.25, -0.2) is 4.79 Å². The lowest BCUT2D eigenvalue weighted by Gasteiger charge is -2.17. The van der Waals surface area contributed by atoms with Crippen molar-refractivity contribution in [1.29, 1.82) is 0 Å². The Morgan fingerprint density at radius 1 is 1.03 bits per heavy atom. The standard InChI is InChI=1S/C29H30O4/c1-3-32-28(29(30)31)18-21-12-15-23(16-13-21)33-19-20(2)24-17-14-22-8-4-5-9-25(22)27-11-7-6-10-26(24)27/h4,6-8,10-17,28H,3,5,9,18-19H2,1-2H3,(H,30,31). The van der Waals surface area contributed by atoms with Crippen molar-refractivity contribution in [3.63, 3.8) is 0 Å². The molecule has 4 heteroatoms. The highest BCUT2D eigenvalue weighted by atomic mass is 16.5. The molecule has 1 N–H and O–H groups in total. The fourth-order valence-electron chi connectivity index (χ4n) is 4.37. The SMILES string of the molecule is CCOC(Cc1ccc(OCC(C)=C2C=CC3=C(CCC=C3)c3ccccc32)cc1)C(=O)O. The Hall–Kier alpha value is -3.37. The molecule has 0 saturated carbocycles. The summed E-state index contributed by atoms with van der Waals surface area (Å²) in [7, 11) is 0. The lowest BCUT2D eigenvalue weighted by Crippen LogP contribution is -2.26. The van der Waals surface area contributed by atoms with Crippen molar-refractivity contribution in [2.75, 3.05) is 13.2 Å². The second-order valence-corrected chi connectivity index (χ2v) is 8.37. The molecule has 33 heavy (non-hydrogen) atoms. The van der Waals surface area contributed by atoms with Crippen molar-refractivity contribution in [3.05, 3.63) is 101 Å². The van der Waals surface area contributed by atoms with Crippen LogP contribution in [0.15, 0.2) is 84.0 Å². The summed E-state index contributed by atoms with van der Waals surface area (Å²) in [5.74, 6) is -0.184. The van der Waals surface area contributed by atoms with Gasteiger partial charge in [-0.3, -0.25) is 0 Å². The molecular weight excluding hydrogens is 412 g/mol.